The third kappa shape index (κ3) is 6.72. The number of nitrogens with zero attached hydrogens (tertiary/aromatic N) is 2. The molecule has 0 saturated carbocycles. The summed E-state index contributed by atoms with van der Waals surface area (Å²) < 4.78 is 5.38. The molecule has 1 aromatic rings. The molecule has 1 N–H and O–H groups in total. The van der Waals surface area contributed by atoms with Crippen molar-refractivity contribution >= 4 is 23.1 Å². The normalized spacial score (nSPS) is 11.6. The van der Waals surface area contributed by atoms with Gasteiger partial charge in [0, 0.05) is 20.7 Å². The number of hydrogen-bond donors (Lipinski definition) is 1. The van der Waals surface area contributed by atoms with E-state index >= 15 is 0 Å². The minimum atomic E-state index is -0.158. The number of hydrogen-bond acceptors (Lipinski definition) is 3. The summed E-state index contributed by atoms with van der Waals surface area (Å²) in [7, 11) is 3.87. The number of amidine groups is 1. The number of rotatable bonds is 7. The van der Waals surface area contributed by atoms with E-state index in [1.807, 2.05) is 50.2 Å². The van der Waals surface area contributed by atoms with Crippen LogP contribution in [-0.4, -0.2) is 44.0 Å². The summed E-state index contributed by atoms with van der Waals surface area (Å²) in [5.74, 6) is 1.29. The van der Waals surface area contributed by atoms with Crippen LogP contribution < -0.4 is 5.32 Å². The van der Waals surface area contributed by atoms with Crippen LogP contribution in [0.5, 0.6) is 0 Å². The number of para-hydroxylation sites is 2. The van der Waals surface area contributed by atoms with Crippen molar-refractivity contribution in [3.8, 4) is 0 Å². The van der Waals surface area contributed by atoms with Crippen LogP contribution in [0.1, 0.15) is 27.2 Å². The van der Waals surface area contributed by atoms with E-state index in [0.29, 0.717) is 18.2 Å². The van der Waals surface area contributed by atoms with Gasteiger partial charge in [0.2, 0.25) is 5.91 Å². The SMILES string of the molecule is CC(=Nc1ccccc1NC(=O)COCCC(C)C)N(C)C. The summed E-state index contributed by atoms with van der Waals surface area (Å²) in [6.45, 7) is 6.85. The average Bonchev–Trinajstić information content (AvgIpc) is 2.45. The smallest absolute Gasteiger partial charge is 0.250 e. The number of carbonyl (C=O) groups is 1. The van der Waals surface area contributed by atoms with E-state index in [1.165, 1.54) is 0 Å². The molecule has 1 aromatic carbocycles. The van der Waals surface area contributed by atoms with E-state index in [2.05, 4.69) is 24.2 Å². The molecule has 5 heteroatoms. The highest BCUT2D eigenvalue weighted by Crippen LogP contribution is 2.24. The lowest BCUT2D eigenvalue weighted by atomic mass is 10.1. The second-order valence-electron chi connectivity index (χ2n) is 5.85. The van der Waals surface area contributed by atoms with E-state index in [1.54, 1.807) is 0 Å². The Hall–Kier alpha value is -1.88. The number of carbonyl (C=O) groups excluding carboxylic acids is 1. The fourth-order valence-corrected chi connectivity index (χ4v) is 1.62. The van der Waals surface area contributed by atoms with Gasteiger partial charge < -0.3 is 15.0 Å². The van der Waals surface area contributed by atoms with Crippen molar-refractivity contribution in [3.05, 3.63) is 24.3 Å². The van der Waals surface area contributed by atoms with Crippen molar-refractivity contribution < 1.29 is 9.53 Å². The Labute approximate surface area is 133 Å². The highest BCUT2D eigenvalue weighted by molar-refractivity contribution is 5.95. The van der Waals surface area contributed by atoms with Crippen molar-refractivity contribution in [2.24, 2.45) is 10.9 Å². The zero-order chi connectivity index (χ0) is 16.5. The van der Waals surface area contributed by atoms with E-state index in [9.17, 15) is 4.79 Å². The van der Waals surface area contributed by atoms with Gasteiger partial charge in [-0.15, -0.1) is 0 Å². The predicted molar refractivity (Wildman–Crippen MR) is 91.8 cm³/mol. The quantitative estimate of drug-likeness (QED) is 0.478. The molecule has 0 aromatic heterocycles. The van der Waals surface area contributed by atoms with Gasteiger partial charge >= 0.3 is 0 Å². The van der Waals surface area contributed by atoms with E-state index in [0.717, 1.165) is 17.9 Å². The first kappa shape index (κ1) is 18.2. The second kappa shape index (κ2) is 9.20. The maximum atomic E-state index is 11.9. The third-order valence-electron chi connectivity index (χ3n) is 3.18. The van der Waals surface area contributed by atoms with Gasteiger partial charge in [0.25, 0.3) is 0 Å². The van der Waals surface area contributed by atoms with Crippen LogP contribution in [0.25, 0.3) is 0 Å². The Morgan fingerprint density at radius 3 is 2.64 bits per heavy atom. The van der Waals surface area contributed by atoms with Crippen molar-refractivity contribution in [1.82, 2.24) is 4.90 Å². The average molecular weight is 305 g/mol. The highest BCUT2D eigenvalue weighted by atomic mass is 16.5. The summed E-state index contributed by atoms with van der Waals surface area (Å²) in [5.41, 5.74) is 1.44. The zero-order valence-electron chi connectivity index (χ0n) is 14.2. The summed E-state index contributed by atoms with van der Waals surface area (Å²) in [5, 5.41) is 2.85. The van der Waals surface area contributed by atoms with Crippen LogP contribution in [-0.2, 0) is 9.53 Å². The standard InChI is InChI=1S/C17H27N3O2/c1-13(2)10-11-22-12-17(21)19-16-9-7-6-8-15(16)18-14(3)20(4)5/h6-9,13H,10-12H2,1-5H3,(H,19,21). The lowest BCUT2D eigenvalue weighted by molar-refractivity contribution is -0.120. The zero-order valence-corrected chi connectivity index (χ0v) is 14.2. The molecule has 122 valence electrons. The van der Waals surface area contributed by atoms with Gasteiger partial charge in [0.05, 0.1) is 11.4 Å². The Bertz CT molecular complexity index is 510. The minimum Gasteiger partial charge on any atom is -0.372 e. The molecule has 0 atom stereocenters. The van der Waals surface area contributed by atoms with Crippen LogP contribution in [0, 0.1) is 5.92 Å². The fourth-order valence-electron chi connectivity index (χ4n) is 1.62. The molecule has 22 heavy (non-hydrogen) atoms. The third-order valence-corrected chi connectivity index (χ3v) is 3.18. The van der Waals surface area contributed by atoms with Gasteiger partial charge in [0.15, 0.2) is 0 Å². The van der Waals surface area contributed by atoms with Crippen LogP contribution in [0.4, 0.5) is 11.4 Å². The maximum absolute atomic E-state index is 11.9. The molecular formula is C17H27N3O2. The first-order valence-corrected chi connectivity index (χ1v) is 7.59. The van der Waals surface area contributed by atoms with Gasteiger partial charge in [0.1, 0.15) is 12.4 Å². The van der Waals surface area contributed by atoms with E-state index < -0.39 is 0 Å². The Morgan fingerprint density at radius 2 is 2.00 bits per heavy atom. The molecule has 1 amide bonds. The van der Waals surface area contributed by atoms with E-state index in [-0.39, 0.29) is 12.5 Å². The number of amides is 1. The molecular weight excluding hydrogens is 278 g/mol. The molecule has 0 aliphatic rings. The highest BCUT2D eigenvalue weighted by Gasteiger charge is 2.07. The topological polar surface area (TPSA) is 53.9 Å². The Balaban J connectivity index is 2.62. The molecule has 0 bridgehead atoms. The van der Waals surface area contributed by atoms with Gasteiger partial charge in [-0.2, -0.15) is 0 Å². The molecule has 0 saturated heterocycles. The molecule has 0 heterocycles. The van der Waals surface area contributed by atoms with Crippen LogP contribution in [0.2, 0.25) is 0 Å². The number of anilines is 1. The first-order chi connectivity index (χ1) is 10.4. The monoisotopic (exact) mass is 305 g/mol. The lowest BCUT2D eigenvalue weighted by Crippen LogP contribution is -2.20. The molecule has 0 aliphatic carbocycles. The van der Waals surface area contributed by atoms with Gasteiger partial charge in [-0.3, -0.25) is 4.79 Å². The van der Waals surface area contributed by atoms with Crippen LogP contribution >= 0.6 is 0 Å². The fraction of sp³-hybridized carbons (Fsp3) is 0.529. The van der Waals surface area contributed by atoms with Crippen molar-refractivity contribution in [2.45, 2.75) is 27.2 Å². The molecule has 0 fully saturated rings. The molecule has 0 unspecified atom stereocenters. The van der Waals surface area contributed by atoms with Crippen molar-refractivity contribution in [1.29, 1.82) is 0 Å². The largest absolute Gasteiger partial charge is 0.372 e. The Morgan fingerprint density at radius 1 is 1.32 bits per heavy atom. The van der Waals surface area contributed by atoms with Gasteiger partial charge in [-0.25, -0.2) is 4.99 Å². The molecule has 5 nitrogen and oxygen atoms in total. The first-order valence-electron chi connectivity index (χ1n) is 7.59. The van der Waals surface area contributed by atoms with Crippen molar-refractivity contribution in [2.75, 3.05) is 32.6 Å². The van der Waals surface area contributed by atoms with Gasteiger partial charge in [-0.05, 0) is 31.4 Å². The van der Waals surface area contributed by atoms with Crippen LogP contribution in [0.15, 0.2) is 29.3 Å². The minimum absolute atomic E-state index is 0.0669. The molecule has 1 rings (SSSR count). The lowest BCUT2D eigenvalue weighted by Gasteiger charge is -2.13. The van der Waals surface area contributed by atoms with Crippen molar-refractivity contribution in [3.63, 3.8) is 0 Å². The molecule has 0 radical (unpaired) electrons. The predicted octanol–water partition coefficient (Wildman–Crippen LogP) is 3.30. The Kier molecular flexibility index (Phi) is 7.60. The maximum Gasteiger partial charge on any atom is 0.250 e. The van der Waals surface area contributed by atoms with E-state index in [4.69, 9.17) is 4.74 Å². The van der Waals surface area contributed by atoms with Crippen LogP contribution in [0.3, 0.4) is 0 Å². The number of ether oxygens (including phenoxy) is 1. The summed E-state index contributed by atoms with van der Waals surface area (Å²) in [4.78, 5) is 18.4. The summed E-state index contributed by atoms with van der Waals surface area (Å²) in [6, 6.07) is 7.49. The number of aliphatic imine (C=N–C) groups is 1. The molecule has 0 spiro atoms. The second-order valence-corrected chi connectivity index (χ2v) is 5.85. The summed E-state index contributed by atoms with van der Waals surface area (Å²) in [6.07, 6.45) is 0.955. The number of nitrogens with one attached hydrogen (secondary N) is 1. The molecule has 0 aliphatic heterocycles. The van der Waals surface area contributed by atoms with Gasteiger partial charge in [-0.1, -0.05) is 26.0 Å². The number of benzene rings is 1. The summed E-state index contributed by atoms with van der Waals surface area (Å²) >= 11 is 0.